The summed E-state index contributed by atoms with van der Waals surface area (Å²) >= 11 is 3.30. The molecule has 0 aliphatic heterocycles. The molecule has 2 N–H and O–H groups in total. The zero-order valence-corrected chi connectivity index (χ0v) is 15.8. The van der Waals surface area contributed by atoms with Gasteiger partial charge >= 0.3 is 5.97 Å². The molecule has 2 rings (SSSR count). The summed E-state index contributed by atoms with van der Waals surface area (Å²) < 4.78 is 5.46. The van der Waals surface area contributed by atoms with Crippen LogP contribution in [0.25, 0.3) is 0 Å². The Kier molecular flexibility index (Phi) is 7.35. The summed E-state index contributed by atoms with van der Waals surface area (Å²) in [4.78, 5) is 35.9. The largest absolute Gasteiger partial charge is 0.469 e. The summed E-state index contributed by atoms with van der Waals surface area (Å²) in [7, 11) is 1.30. The molecule has 0 saturated heterocycles. The molecule has 0 spiro atoms. The maximum absolute atomic E-state index is 12.2. The van der Waals surface area contributed by atoms with Crippen molar-refractivity contribution in [2.24, 2.45) is 0 Å². The van der Waals surface area contributed by atoms with E-state index in [4.69, 9.17) is 0 Å². The third-order valence-corrected chi connectivity index (χ3v) is 4.13. The second-order valence-corrected chi connectivity index (χ2v) is 6.42. The third kappa shape index (κ3) is 6.00. The molecule has 136 valence electrons. The van der Waals surface area contributed by atoms with Crippen LogP contribution in [-0.4, -0.2) is 31.4 Å². The molecule has 2 amide bonds. The molecule has 2 aromatic rings. The lowest BCUT2D eigenvalue weighted by Gasteiger charge is -2.18. The van der Waals surface area contributed by atoms with E-state index in [1.54, 1.807) is 24.3 Å². The Balaban J connectivity index is 1.96. The predicted octanol–water partition coefficient (Wildman–Crippen LogP) is 2.60. The summed E-state index contributed by atoms with van der Waals surface area (Å²) in [5.41, 5.74) is 1.23. The predicted molar refractivity (Wildman–Crippen MR) is 100 cm³/mol. The molecule has 0 saturated carbocycles. The Morgan fingerprint density at radius 2 is 1.81 bits per heavy atom. The van der Waals surface area contributed by atoms with Crippen molar-refractivity contribution < 1.29 is 19.1 Å². The molecular formula is C19H19BrN2O4. The fourth-order valence-electron chi connectivity index (χ4n) is 2.33. The van der Waals surface area contributed by atoms with Crippen LogP contribution in [0, 0.1) is 0 Å². The zero-order valence-electron chi connectivity index (χ0n) is 14.2. The van der Waals surface area contributed by atoms with E-state index < -0.39 is 17.9 Å². The smallest absolute Gasteiger partial charge is 0.307 e. The van der Waals surface area contributed by atoms with Crippen molar-refractivity contribution in [2.45, 2.75) is 12.5 Å². The second-order valence-electron chi connectivity index (χ2n) is 5.50. The monoisotopic (exact) mass is 418 g/mol. The van der Waals surface area contributed by atoms with Gasteiger partial charge in [0.25, 0.3) is 5.91 Å². The Morgan fingerprint density at radius 3 is 2.46 bits per heavy atom. The van der Waals surface area contributed by atoms with Gasteiger partial charge in [-0.25, -0.2) is 0 Å². The molecule has 1 atom stereocenters. The van der Waals surface area contributed by atoms with E-state index in [1.807, 2.05) is 30.3 Å². The zero-order chi connectivity index (χ0) is 18.9. The average Bonchev–Trinajstić information content (AvgIpc) is 2.66. The lowest BCUT2D eigenvalue weighted by Crippen LogP contribution is -2.39. The van der Waals surface area contributed by atoms with Gasteiger partial charge in [0.05, 0.1) is 26.1 Å². The number of halogens is 1. The number of nitrogens with one attached hydrogen (secondary N) is 2. The first kappa shape index (κ1) is 19.7. The fourth-order valence-corrected chi connectivity index (χ4v) is 2.72. The molecule has 0 bridgehead atoms. The maximum atomic E-state index is 12.2. The van der Waals surface area contributed by atoms with Gasteiger partial charge in [0.15, 0.2) is 0 Å². The Labute approximate surface area is 160 Å². The number of carbonyl (C=O) groups is 3. The highest BCUT2D eigenvalue weighted by molar-refractivity contribution is 9.10. The normalized spacial score (nSPS) is 11.3. The summed E-state index contributed by atoms with van der Waals surface area (Å²) in [5.74, 6) is -1.19. The number of ether oxygens (including phenoxy) is 1. The number of hydrogen-bond acceptors (Lipinski definition) is 4. The number of hydrogen-bond donors (Lipinski definition) is 2. The van der Waals surface area contributed by atoms with Crippen LogP contribution in [0.1, 0.15) is 28.4 Å². The summed E-state index contributed by atoms with van der Waals surface area (Å²) in [6, 6.07) is 15.4. The maximum Gasteiger partial charge on any atom is 0.307 e. The average molecular weight is 419 g/mol. The molecular weight excluding hydrogens is 400 g/mol. The third-order valence-electron chi connectivity index (χ3n) is 3.63. The van der Waals surface area contributed by atoms with Crippen molar-refractivity contribution in [1.29, 1.82) is 0 Å². The topological polar surface area (TPSA) is 84.5 Å². The number of methoxy groups -OCH3 is 1. The van der Waals surface area contributed by atoms with Gasteiger partial charge in [-0.15, -0.1) is 0 Å². The van der Waals surface area contributed by atoms with Crippen molar-refractivity contribution in [3.05, 3.63) is 70.2 Å². The molecule has 0 aliphatic carbocycles. The van der Waals surface area contributed by atoms with Crippen molar-refractivity contribution in [1.82, 2.24) is 10.6 Å². The van der Waals surface area contributed by atoms with Crippen LogP contribution in [-0.2, 0) is 14.3 Å². The SMILES string of the molecule is COC(=O)CC(NC(=O)CNC(=O)c1cccc(Br)c1)c1ccccc1. The summed E-state index contributed by atoms with van der Waals surface area (Å²) in [6.45, 7) is -0.199. The molecule has 0 radical (unpaired) electrons. The van der Waals surface area contributed by atoms with Gasteiger partial charge in [0, 0.05) is 10.0 Å². The number of benzene rings is 2. The first-order valence-corrected chi connectivity index (χ1v) is 8.74. The van der Waals surface area contributed by atoms with Crippen molar-refractivity contribution in [3.63, 3.8) is 0 Å². The molecule has 26 heavy (non-hydrogen) atoms. The van der Waals surface area contributed by atoms with Gasteiger partial charge in [-0.05, 0) is 23.8 Å². The van der Waals surface area contributed by atoms with Crippen molar-refractivity contribution >= 4 is 33.7 Å². The molecule has 0 heterocycles. The van der Waals surface area contributed by atoms with Crippen LogP contribution in [0.2, 0.25) is 0 Å². The molecule has 0 aromatic heterocycles. The van der Waals surface area contributed by atoms with Crippen LogP contribution in [0.3, 0.4) is 0 Å². The van der Waals surface area contributed by atoms with Crippen molar-refractivity contribution in [3.8, 4) is 0 Å². The number of esters is 1. The first-order chi connectivity index (χ1) is 12.5. The molecule has 2 aromatic carbocycles. The van der Waals surface area contributed by atoms with Crippen LogP contribution in [0.4, 0.5) is 0 Å². The van der Waals surface area contributed by atoms with Gasteiger partial charge in [0.2, 0.25) is 5.91 Å². The Bertz CT molecular complexity index is 780. The number of rotatable bonds is 7. The van der Waals surface area contributed by atoms with Gasteiger partial charge in [-0.1, -0.05) is 52.3 Å². The fraction of sp³-hybridized carbons (Fsp3) is 0.211. The molecule has 0 fully saturated rings. The molecule has 0 aliphatic rings. The van der Waals surface area contributed by atoms with E-state index in [0.29, 0.717) is 5.56 Å². The quantitative estimate of drug-likeness (QED) is 0.676. The van der Waals surface area contributed by atoms with E-state index in [2.05, 4.69) is 31.3 Å². The van der Waals surface area contributed by atoms with Gasteiger partial charge in [-0.3, -0.25) is 14.4 Å². The number of amides is 2. The minimum atomic E-state index is -0.529. The lowest BCUT2D eigenvalue weighted by molar-refractivity contribution is -0.141. The van der Waals surface area contributed by atoms with Gasteiger partial charge in [-0.2, -0.15) is 0 Å². The molecule has 7 heteroatoms. The second kappa shape index (κ2) is 9.72. The highest BCUT2D eigenvalue weighted by Crippen LogP contribution is 2.17. The highest BCUT2D eigenvalue weighted by atomic mass is 79.9. The first-order valence-electron chi connectivity index (χ1n) is 7.94. The van der Waals surface area contributed by atoms with E-state index >= 15 is 0 Å². The number of carbonyl (C=O) groups excluding carboxylic acids is 3. The highest BCUT2D eigenvalue weighted by Gasteiger charge is 2.19. The van der Waals surface area contributed by atoms with E-state index in [9.17, 15) is 14.4 Å². The Morgan fingerprint density at radius 1 is 1.08 bits per heavy atom. The van der Waals surface area contributed by atoms with Crippen LogP contribution in [0.15, 0.2) is 59.1 Å². The van der Waals surface area contributed by atoms with Crippen LogP contribution in [0.5, 0.6) is 0 Å². The van der Waals surface area contributed by atoms with Crippen LogP contribution < -0.4 is 10.6 Å². The van der Waals surface area contributed by atoms with Gasteiger partial charge in [0.1, 0.15) is 0 Å². The lowest BCUT2D eigenvalue weighted by atomic mass is 10.0. The summed E-state index contributed by atoms with van der Waals surface area (Å²) in [5, 5.41) is 5.32. The minimum absolute atomic E-state index is 0.00579. The molecule has 1 unspecified atom stereocenters. The Hall–Kier alpha value is -2.67. The molecule has 6 nitrogen and oxygen atoms in total. The van der Waals surface area contributed by atoms with E-state index in [1.165, 1.54) is 7.11 Å². The van der Waals surface area contributed by atoms with Crippen LogP contribution >= 0.6 is 15.9 Å². The van der Waals surface area contributed by atoms with Crippen molar-refractivity contribution in [2.75, 3.05) is 13.7 Å². The summed E-state index contributed by atoms with van der Waals surface area (Å²) in [6.07, 6.45) is 0.00579. The minimum Gasteiger partial charge on any atom is -0.469 e. The van der Waals surface area contributed by atoms with Gasteiger partial charge < -0.3 is 15.4 Å². The van der Waals surface area contributed by atoms with E-state index in [-0.39, 0.29) is 18.9 Å². The van der Waals surface area contributed by atoms with E-state index in [0.717, 1.165) is 10.0 Å². The standard InChI is InChI=1S/C19H19BrN2O4/c1-26-18(24)11-16(13-6-3-2-4-7-13)22-17(23)12-21-19(25)14-8-5-9-15(20)10-14/h2-10,16H,11-12H2,1H3,(H,21,25)(H,22,23).